The second-order valence-electron chi connectivity index (χ2n) is 12.0. The molecule has 7 atom stereocenters. The van der Waals surface area contributed by atoms with E-state index in [2.05, 4.69) is 38.2 Å². The molecule has 0 radical (unpaired) electrons. The molecule has 2 spiro atoms. The second kappa shape index (κ2) is 5.78. The Morgan fingerprint density at radius 1 is 1.13 bits per heavy atom. The van der Waals surface area contributed by atoms with Crippen molar-refractivity contribution in [3.05, 3.63) is 23.3 Å². The minimum atomic E-state index is -0.880. The minimum Gasteiger partial charge on any atom is -0.493 e. The van der Waals surface area contributed by atoms with Crippen molar-refractivity contribution in [1.82, 2.24) is 5.32 Å². The fourth-order valence-electron chi connectivity index (χ4n) is 8.68. The molecular formula is C26H37NO4. The van der Waals surface area contributed by atoms with Crippen LogP contribution in [0, 0.1) is 16.7 Å². The lowest BCUT2D eigenvalue weighted by atomic mass is 9.33. The maximum Gasteiger partial charge on any atom is 0.165 e. The Bertz CT molecular complexity index is 951. The first-order valence-electron chi connectivity index (χ1n) is 12.0. The summed E-state index contributed by atoms with van der Waals surface area (Å²) in [6.07, 6.45) is 4.99. The normalized spacial score (nSPS) is 43.8. The van der Waals surface area contributed by atoms with Gasteiger partial charge in [-0.1, -0.05) is 26.8 Å². The maximum atomic E-state index is 12.0. The molecule has 4 fully saturated rings. The lowest BCUT2D eigenvalue weighted by molar-refractivity contribution is -0.303. The molecule has 1 aromatic carbocycles. The third kappa shape index (κ3) is 1.98. The van der Waals surface area contributed by atoms with E-state index in [0.717, 1.165) is 50.1 Å². The summed E-state index contributed by atoms with van der Waals surface area (Å²) >= 11 is 0. The van der Waals surface area contributed by atoms with E-state index >= 15 is 0 Å². The topological polar surface area (TPSA) is 60.0 Å². The van der Waals surface area contributed by atoms with Crippen LogP contribution in [0.25, 0.3) is 0 Å². The standard InChI is InChI=1S/C26H37NO4/c1-22(2,3)23(4,28)17-14-24-9-10-26(17,30-6)21-25(24)11-12-27-18(24)13-15-7-8-16(29-5)20(31-21)19(15)25/h7-8,17-18,21,27-28H,9-14H2,1-6H3/t17-,18?,21?,23-,24-,25?,26-/m1/s1. The number of ether oxygens (including phenoxy) is 3. The molecule has 4 bridgehead atoms. The van der Waals surface area contributed by atoms with Crippen LogP contribution in [0.4, 0.5) is 0 Å². The number of methoxy groups -OCH3 is 2. The molecule has 31 heavy (non-hydrogen) atoms. The highest BCUT2D eigenvalue weighted by atomic mass is 16.6. The monoisotopic (exact) mass is 427 g/mol. The minimum absolute atomic E-state index is 0.00105. The predicted octanol–water partition coefficient (Wildman–Crippen LogP) is 3.59. The van der Waals surface area contributed by atoms with Crippen LogP contribution in [0.3, 0.4) is 0 Å². The van der Waals surface area contributed by atoms with Crippen molar-refractivity contribution < 1.29 is 19.3 Å². The van der Waals surface area contributed by atoms with Crippen LogP contribution in [-0.2, 0) is 16.6 Å². The van der Waals surface area contributed by atoms with Crippen molar-refractivity contribution in [3.63, 3.8) is 0 Å². The zero-order chi connectivity index (χ0) is 22.0. The number of nitrogens with one attached hydrogen (secondary N) is 1. The molecule has 7 rings (SSSR count). The Labute approximate surface area is 185 Å². The SMILES string of the molecule is COc1ccc2c3c1OC1C34CCNC(C2)[C@]42CC[C@@]1(OC)[C@@H]([C@@](C)(O)C(C)(C)C)C2. The molecule has 3 saturated carbocycles. The Morgan fingerprint density at radius 3 is 2.58 bits per heavy atom. The van der Waals surface area contributed by atoms with Gasteiger partial charge in [-0.2, -0.15) is 0 Å². The molecule has 1 saturated heterocycles. The lowest BCUT2D eigenvalue weighted by Gasteiger charge is -2.74. The van der Waals surface area contributed by atoms with E-state index in [-0.39, 0.29) is 28.3 Å². The Morgan fingerprint density at radius 2 is 1.90 bits per heavy atom. The van der Waals surface area contributed by atoms with Crippen LogP contribution in [-0.4, -0.2) is 49.2 Å². The number of aliphatic hydroxyl groups is 1. The van der Waals surface area contributed by atoms with Crippen molar-refractivity contribution in [2.24, 2.45) is 16.7 Å². The highest BCUT2D eigenvalue weighted by molar-refractivity contribution is 5.63. The summed E-state index contributed by atoms with van der Waals surface area (Å²) in [4.78, 5) is 0. The molecule has 5 nitrogen and oxygen atoms in total. The number of rotatable bonds is 3. The Kier molecular flexibility index (Phi) is 3.79. The number of hydrogen-bond donors (Lipinski definition) is 2. The van der Waals surface area contributed by atoms with E-state index in [0.29, 0.717) is 6.04 Å². The van der Waals surface area contributed by atoms with E-state index in [9.17, 15) is 5.11 Å². The first-order valence-corrected chi connectivity index (χ1v) is 12.0. The van der Waals surface area contributed by atoms with Crippen molar-refractivity contribution in [2.75, 3.05) is 20.8 Å². The molecule has 6 aliphatic rings. The summed E-state index contributed by atoms with van der Waals surface area (Å²) in [5.74, 6) is 1.77. The van der Waals surface area contributed by atoms with Gasteiger partial charge in [-0.3, -0.25) is 0 Å². The summed E-state index contributed by atoms with van der Waals surface area (Å²) in [6.45, 7) is 9.48. The summed E-state index contributed by atoms with van der Waals surface area (Å²) in [5, 5.41) is 15.9. The lowest BCUT2D eigenvalue weighted by Crippen LogP contribution is -2.83. The molecule has 1 aromatic rings. The fourth-order valence-corrected chi connectivity index (χ4v) is 8.68. The Hall–Kier alpha value is -1.30. The summed E-state index contributed by atoms with van der Waals surface area (Å²) in [5.41, 5.74) is 1.13. The van der Waals surface area contributed by atoms with Gasteiger partial charge in [0.25, 0.3) is 0 Å². The molecule has 3 unspecified atom stereocenters. The molecule has 2 N–H and O–H groups in total. The summed E-state index contributed by atoms with van der Waals surface area (Å²) < 4.78 is 19.3. The van der Waals surface area contributed by atoms with Crippen molar-refractivity contribution in [3.8, 4) is 11.5 Å². The highest BCUT2D eigenvalue weighted by Gasteiger charge is 2.81. The molecule has 0 amide bonds. The van der Waals surface area contributed by atoms with Crippen molar-refractivity contribution in [2.45, 2.75) is 88.6 Å². The molecule has 2 aliphatic heterocycles. The van der Waals surface area contributed by atoms with Gasteiger partial charge in [-0.05, 0) is 62.6 Å². The average molecular weight is 428 g/mol. The summed E-state index contributed by atoms with van der Waals surface area (Å²) in [6, 6.07) is 4.73. The van der Waals surface area contributed by atoms with Gasteiger partial charge in [-0.25, -0.2) is 0 Å². The fraction of sp³-hybridized carbons (Fsp3) is 0.769. The van der Waals surface area contributed by atoms with E-state index in [1.54, 1.807) is 7.11 Å². The van der Waals surface area contributed by atoms with Crippen molar-refractivity contribution >= 4 is 0 Å². The second-order valence-corrected chi connectivity index (χ2v) is 12.0. The number of hydrogen-bond acceptors (Lipinski definition) is 5. The van der Waals surface area contributed by atoms with Crippen LogP contribution in [0.1, 0.15) is 64.5 Å². The van der Waals surface area contributed by atoms with Gasteiger partial charge in [0.15, 0.2) is 11.5 Å². The van der Waals surface area contributed by atoms with Crippen LogP contribution >= 0.6 is 0 Å². The number of benzene rings is 1. The zero-order valence-corrected chi connectivity index (χ0v) is 19.8. The largest absolute Gasteiger partial charge is 0.493 e. The van der Waals surface area contributed by atoms with Crippen LogP contribution in [0.2, 0.25) is 0 Å². The van der Waals surface area contributed by atoms with Gasteiger partial charge in [0, 0.05) is 35.5 Å². The van der Waals surface area contributed by atoms with Gasteiger partial charge >= 0.3 is 0 Å². The first kappa shape index (κ1) is 20.3. The van der Waals surface area contributed by atoms with Gasteiger partial charge in [0.2, 0.25) is 0 Å². The molecule has 2 heterocycles. The van der Waals surface area contributed by atoms with Gasteiger partial charge in [0.1, 0.15) is 11.7 Å². The van der Waals surface area contributed by atoms with Crippen LogP contribution in [0.15, 0.2) is 12.1 Å². The van der Waals surface area contributed by atoms with Crippen LogP contribution < -0.4 is 14.8 Å². The molecule has 0 aromatic heterocycles. The number of fused-ring (bicyclic) bond motifs is 2. The van der Waals surface area contributed by atoms with E-state index in [4.69, 9.17) is 14.2 Å². The molecular weight excluding hydrogens is 390 g/mol. The van der Waals surface area contributed by atoms with Gasteiger partial charge in [-0.15, -0.1) is 0 Å². The quantitative estimate of drug-likeness (QED) is 0.772. The van der Waals surface area contributed by atoms with E-state index < -0.39 is 11.2 Å². The molecule has 170 valence electrons. The highest BCUT2D eigenvalue weighted by Crippen LogP contribution is 2.77. The first-order chi connectivity index (χ1) is 14.6. The zero-order valence-electron chi connectivity index (χ0n) is 19.8. The van der Waals surface area contributed by atoms with Crippen LogP contribution in [0.5, 0.6) is 11.5 Å². The van der Waals surface area contributed by atoms with Gasteiger partial charge in [0.05, 0.1) is 12.7 Å². The Balaban J connectivity index is 1.64. The van der Waals surface area contributed by atoms with E-state index in [1.807, 2.05) is 14.0 Å². The predicted molar refractivity (Wildman–Crippen MR) is 119 cm³/mol. The maximum absolute atomic E-state index is 12.0. The third-order valence-electron chi connectivity index (χ3n) is 10.6. The van der Waals surface area contributed by atoms with E-state index in [1.165, 1.54) is 11.1 Å². The van der Waals surface area contributed by atoms with Crippen molar-refractivity contribution in [1.29, 1.82) is 0 Å². The molecule has 5 heteroatoms. The van der Waals surface area contributed by atoms with Gasteiger partial charge < -0.3 is 24.6 Å². The average Bonchev–Trinajstić information content (AvgIpc) is 3.09. The summed E-state index contributed by atoms with van der Waals surface area (Å²) in [7, 11) is 3.57. The third-order valence-corrected chi connectivity index (χ3v) is 10.6. The number of piperidine rings is 1. The molecule has 4 aliphatic carbocycles. The smallest absolute Gasteiger partial charge is 0.165 e.